The molecule has 2 heterocycles. The summed E-state index contributed by atoms with van der Waals surface area (Å²) in [6.45, 7) is 5.83. The monoisotopic (exact) mass is 450 g/mol. The zero-order valence-corrected chi connectivity index (χ0v) is 19.0. The molecule has 2 amide bonds. The lowest BCUT2D eigenvalue weighted by atomic mass is 10.1. The zero-order chi connectivity index (χ0) is 23.4. The summed E-state index contributed by atoms with van der Waals surface area (Å²) >= 11 is 0. The third kappa shape index (κ3) is 5.32. The van der Waals surface area contributed by atoms with Crippen LogP contribution in [0.5, 0.6) is 0 Å². The number of likely N-dealkylation sites (N-methyl/N-ethyl adjacent to an activating group) is 1. The second-order valence-electron chi connectivity index (χ2n) is 8.51. The van der Waals surface area contributed by atoms with Crippen LogP contribution in [0.1, 0.15) is 34.1 Å². The van der Waals surface area contributed by atoms with Gasteiger partial charge in [-0.2, -0.15) is 5.10 Å². The molecule has 3 aromatic rings. The van der Waals surface area contributed by atoms with E-state index in [9.17, 15) is 9.59 Å². The number of nitrogens with zero attached hydrogens (tertiary/aromatic N) is 3. The van der Waals surface area contributed by atoms with E-state index in [1.54, 1.807) is 18.2 Å². The molecule has 4 N–H and O–H groups in total. The number of rotatable bonds is 7. The second kappa shape index (κ2) is 10.0. The number of hydrogen-bond acceptors (Lipinski definition) is 6. The van der Waals surface area contributed by atoms with Crippen LogP contribution < -0.4 is 15.5 Å². The molecular weight excluding hydrogens is 420 g/mol. The molecule has 4 rings (SSSR count). The van der Waals surface area contributed by atoms with Crippen LogP contribution in [0.25, 0.3) is 10.9 Å². The van der Waals surface area contributed by atoms with Gasteiger partial charge in [-0.05, 0) is 62.9 Å². The van der Waals surface area contributed by atoms with Gasteiger partial charge in [-0.1, -0.05) is 0 Å². The van der Waals surface area contributed by atoms with Gasteiger partial charge in [0, 0.05) is 61.0 Å². The Morgan fingerprint density at radius 1 is 1.06 bits per heavy atom. The Balaban J connectivity index is 1.46. The number of aliphatic hydroxyl groups is 1. The molecule has 0 bridgehead atoms. The van der Waals surface area contributed by atoms with Crippen molar-refractivity contribution in [3.63, 3.8) is 0 Å². The van der Waals surface area contributed by atoms with Crippen LogP contribution in [-0.2, 0) is 0 Å². The third-order valence-corrected chi connectivity index (χ3v) is 5.99. The van der Waals surface area contributed by atoms with Crippen molar-refractivity contribution in [2.45, 2.75) is 19.4 Å². The van der Waals surface area contributed by atoms with Gasteiger partial charge in [0.05, 0.1) is 5.52 Å². The number of aliphatic hydroxyl groups excluding tert-OH is 1. The predicted molar refractivity (Wildman–Crippen MR) is 129 cm³/mol. The third-order valence-electron chi connectivity index (χ3n) is 5.99. The van der Waals surface area contributed by atoms with Gasteiger partial charge in [0.2, 0.25) is 0 Å². The van der Waals surface area contributed by atoms with Crippen molar-refractivity contribution in [1.29, 1.82) is 0 Å². The lowest BCUT2D eigenvalue weighted by Crippen LogP contribution is -2.44. The fourth-order valence-electron chi connectivity index (χ4n) is 3.89. The summed E-state index contributed by atoms with van der Waals surface area (Å²) in [4.78, 5) is 30.0. The van der Waals surface area contributed by atoms with E-state index in [0.717, 1.165) is 37.4 Å². The molecule has 1 unspecified atom stereocenters. The van der Waals surface area contributed by atoms with E-state index in [2.05, 4.69) is 37.7 Å². The maximum absolute atomic E-state index is 12.8. The Hall–Kier alpha value is -3.43. The quantitative estimate of drug-likeness (QED) is 0.438. The number of amides is 2. The zero-order valence-electron chi connectivity index (χ0n) is 19.0. The SMILES string of the molecule is CC(CCO)NC(=O)c1ccc2[nH]nc(NC(=O)c3ccc(N4CCN(C)CC4)cc3)c2c1. The number of fused-ring (bicyclic) bond motifs is 1. The first-order valence-corrected chi connectivity index (χ1v) is 11.2. The summed E-state index contributed by atoms with van der Waals surface area (Å²) in [7, 11) is 2.12. The summed E-state index contributed by atoms with van der Waals surface area (Å²) in [6, 6.07) is 12.6. The summed E-state index contributed by atoms with van der Waals surface area (Å²) in [6.07, 6.45) is 0.481. The minimum Gasteiger partial charge on any atom is -0.396 e. The topological polar surface area (TPSA) is 114 Å². The molecule has 0 saturated carbocycles. The number of aromatic amines is 1. The second-order valence-corrected chi connectivity index (χ2v) is 8.51. The normalized spacial score (nSPS) is 15.4. The van der Waals surface area contributed by atoms with Gasteiger partial charge in [-0.25, -0.2) is 0 Å². The Bertz CT molecular complexity index is 1120. The van der Waals surface area contributed by atoms with E-state index in [0.29, 0.717) is 28.8 Å². The van der Waals surface area contributed by atoms with Crippen molar-refractivity contribution in [2.75, 3.05) is 50.1 Å². The Labute approximate surface area is 192 Å². The number of carbonyl (C=O) groups excluding carboxylic acids is 2. The summed E-state index contributed by atoms with van der Waals surface area (Å²) in [5, 5.41) is 22.5. The van der Waals surface area contributed by atoms with E-state index in [4.69, 9.17) is 5.11 Å². The fourth-order valence-corrected chi connectivity index (χ4v) is 3.89. The molecule has 1 atom stereocenters. The molecule has 1 fully saturated rings. The largest absolute Gasteiger partial charge is 0.396 e. The van der Waals surface area contributed by atoms with Crippen LogP contribution in [0.15, 0.2) is 42.5 Å². The van der Waals surface area contributed by atoms with E-state index in [1.165, 1.54) is 0 Å². The van der Waals surface area contributed by atoms with Gasteiger partial charge < -0.3 is 25.5 Å². The molecule has 33 heavy (non-hydrogen) atoms. The number of anilines is 2. The molecule has 2 aromatic carbocycles. The Morgan fingerprint density at radius 2 is 1.76 bits per heavy atom. The van der Waals surface area contributed by atoms with Crippen molar-refractivity contribution < 1.29 is 14.7 Å². The van der Waals surface area contributed by atoms with Crippen LogP contribution >= 0.6 is 0 Å². The predicted octanol–water partition coefficient (Wildman–Crippen LogP) is 2.07. The van der Waals surface area contributed by atoms with E-state index >= 15 is 0 Å². The van der Waals surface area contributed by atoms with Crippen LogP contribution in [0.3, 0.4) is 0 Å². The van der Waals surface area contributed by atoms with Crippen molar-refractivity contribution >= 4 is 34.2 Å². The van der Waals surface area contributed by atoms with Crippen LogP contribution in [0, 0.1) is 0 Å². The highest BCUT2D eigenvalue weighted by molar-refractivity contribution is 6.09. The molecule has 1 aliphatic heterocycles. The number of hydrogen-bond donors (Lipinski definition) is 4. The number of benzene rings is 2. The van der Waals surface area contributed by atoms with Gasteiger partial charge >= 0.3 is 0 Å². The first-order chi connectivity index (χ1) is 15.9. The Morgan fingerprint density at radius 3 is 2.45 bits per heavy atom. The van der Waals surface area contributed by atoms with E-state index < -0.39 is 0 Å². The summed E-state index contributed by atoms with van der Waals surface area (Å²) in [5.74, 6) is -0.133. The highest BCUT2D eigenvalue weighted by atomic mass is 16.3. The number of carbonyl (C=O) groups is 2. The lowest BCUT2D eigenvalue weighted by molar-refractivity contribution is 0.0934. The molecule has 174 valence electrons. The minimum absolute atomic E-state index is 0.00868. The van der Waals surface area contributed by atoms with Gasteiger partial charge in [-0.3, -0.25) is 14.7 Å². The number of piperazine rings is 1. The van der Waals surface area contributed by atoms with Crippen molar-refractivity contribution in [2.24, 2.45) is 0 Å². The average molecular weight is 451 g/mol. The number of aromatic nitrogens is 2. The molecule has 0 spiro atoms. The van der Waals surface area contributed by atoms with E-state index in [1.807, 2.05) is 31.2 Å². The molecule has 9 nitrogen and oxygen atoms in total. The molecule has 9 heteroatoms. The van der Waals surface area contributed by atoms with Crippen molar-refractivity contribution in [3.8, 4) is 0 Å². The van der Waals surface area contributed by atoms with Gasteiger partial charge in [-0.15, -0.1) is 0 Å². The van der Waals surface area contributed by atoms with Crippen LogP contribution in [-0.4, -0.2) is 77.9 Å². The number of H-pyrrole nitrogens is 1. The first kappa shape index (κ1) is 22.8. The fraction of sp³-hybridized carbons (Fsp3) is 0.375. The van der Waals surface area contributed by atoms with Gasteiger partial charge in [0.1, 0.15) is 0 Å². The maximum Gasteiger partial charge on any atom is 0.256 e. The van der Waals surface area contributed by atoms with Crippen molar-refractivity contribution in [3.05, 3.63) is 53.6 Å². The average Bonchev–Trinajstić information content (AvgIpc) is 3.21. The summed E-state index contributed by atoms with van der Waals surface area (Å²) in [5.41, 5.74) is 2.82. The Kier molecular flexibility index (Phi) is 6.90. The standard InChI is InChI=1S/C24H30N6O3/c1-16(9-14-31)25-24(33)18-5-8-21-20(15-18)22(28-27-21)26-23(32)17-3-6-19(7-4-17)30-12-10-29(2)11-13-30/h3-8,15-16,31H,9-14H2,1-2H3,(H,25,33)(H2,26,27,28,32). The van der Waals surface area contributed by atoms with Gasteiger partial charge in [0.15, 0.2) is 5.82 Å². The van der Waals surface area contributed by atoms with Crippen molar-refractivity contribution in [1.82, 2.24) is 20.4 Å². The summed E-state index contributed by atoms with van der Waals surface area (Å²) < 4.78 is 0. The van der Waals surface area contributed by atoms with E-state index in [-0.39, 0.29) is 24.5 Å². The van der Waals surface area contributed by atoms with Gasteiger partial charge in [0.25, 0.3) is 11.8 Å². The lowest BCUT2D eigenvalue weighted by Gasteiger charge is -2.34. The first-order valence-electron chi connectivity index (χ1n) is 11.2. The molecular formula is C24H30N6O3. The molecule has 1 aliphatic rings. The molecule has 1 saturated heterocycles. The highest BCUT2D eigenvalue weighted by Gasteiger charge is 2.17. The molecule has 1 aromatic heterocycles. The smallest absolute Gasteiger partial charge is 0.256 e. The highest BCUT2D eigenvalue weighted by Crippen LogP contribution is 2.23. The minimum atomic E-state index is -0.264. The molecule has 0 aliphatic carbocycles. The molecule has 0 radical (unpaired) electrons. The number of nitrogens with one attached hydrogen (secondary N) is 3. The maximum atomic E-state index is 12.8. The van der Waals surface area contributed by atoms with Crippen LogP contribution in [0.4, 0.5) is 11.5 Å². The van der Waals surface area contributed by atoms with Crippen LogP contribution in [0.2, 0.25) is 0 Å².